The molecule has 2 aromatic rings. The third kappa shape index (κ3) is 4.47. The van der Waals surface area contributed by atoms with E-state index in [2.05, 4.69) is 20.8 Å². The second-order valence-corrected chi connectivity index (χ2v) is 5.80. The summed E-state index contributed by atoms with van der Waals surface area (Å²) in [5, 5.41) is 9.35. The quantitative estimate of drug-likeness (QED) is 0.905. The molecule has 2 rings (SSSR count). The van der Waals surface area contributed by atoms with Crippen LogP contribution >= 0.6 is 0 Å². The molecule has 0 unspecified atom stereocenters. The summed E-state index contributed by atoms with van der Waals surface area (Å²) in [4.78, 5) is 15.9. The van der Waals surface area contributed by atoms with E-state index in [0.29, 0.717) is 11.7 Å². The topological polar surface area (TPSA) is 89.3 Å². The van der Waals surface area contributed by atoms with Crippen LogP contribution in [0.5, 0.6) is 5.75 Å². The normalized spacial score (nSPS) is 11.1. The zero-order valence-electron chi connectivity index (χ0n) is 13.1. The fraction of sp³-hybridized carbons (Fsp3) is 0.400. The summed E-state index contributed by atoms with van der Waals surface area (Å²) < 4.78 is 10.2. The van der Waals surface area contributed by atoms with E-state index < -0.39 is 0 Å². The van der Waals surface area contributed by atoms with Crippen molar-refractivity contribution in [3.63, 3.8) is 0 Å². The highest BCUT2D eigenvalue weighted by Crippen LogP contribution is 2.19. The molecule has 22 heavy (non-hydrogen) atoms. The van der Waals surface area contributed by atoms with Gasteiger partial charge < -0.3 is 19.9 Å². The number of ether oxygens (including phenoxy) is 1. The lowest BCUT2D eigenvalue weighted by atomic mass is 10.1. The molecule has 0 saturated heterocycles. The van der Waals surface area contributed by atoms with Crippen LogP contribution in [-0.2, 0) is 6.54 Å². The average molecular weight is 304 g/mol. The van der Waals surface area contributed by atoms with Crippen molar-refractivity contribution in [2.75, 3.05) is 7.11 Å². The van der Waals surface area contributed by atoms with E-state index in [4.69, 9.17) is 9.26 Å². The molecule has 0 aliphatic carbocycles. The molecule has 0 bridgehead atoms. The summed E-state index contributed by atoms with van der Waals surface area (Å²) >= 11 is 0. The summed E-state index contributed by atoms with van der Waals surface area (Å²) in [5.74, 6) is 1.57. The SMILES string of the molecule is COc1ccc(-c2noc(CNC(=O)NC(C)(C)C)n2)cc1. The van der Waals surface area contributed by atoms with Crippen LogP contribution in [0.15, 0.2) is 28.8 Å². The van der Waals surface area contributed by atoms with E-state index in [1.54, 1.807) is 7.11 Å². The molecule has 2 N–H and O–H groups in total. The van der Waals surface area contributed by atoms with E-state index >= 15 is 0 Å². The Hall–Kier alpha value is -2.57. The lowest BCUT2D eigenvalue weighted by molar-refractivity contribution is 0.229. The van der Waals surface area contributed by atoms with Gasteiger partial charge in [-0.05, 0) is 45.0 Å². The Balaban J connectivity index is 1.95. The molecule has 0 fully saturated rings. The Morgan fingerprint density at radius 1 is 1.27 bits per heavy atom. The molecule has 0 radical (unpaired) electrons. The molecule has 0 spiro atoms. The first-order chi connectivity index (χ1) is 10.4. The van der Waals surface area contributed by atoms with Gasteiger partial charge in [-0.1, -0.05) is 5.16 Å². The van der Waals surface area contributed by atoms with Gasteiger partial charge in [0.05, 0.1) is 13.7 Å². The predicted molar refractivity (Wildman–Crippen MR) is 81.4 cm³/mol. The standard InChI is InChI=1S/C15H20N4O3/c1-15(2,3)18-14(20)16-9-12-17-13(19-22-12)10-5-7-11(21-4)8-6-10/h5-8H,9H2,1-4H3,(H2,16,18,20). The molecule has 0 aliphatic heterocycles. The number of nitrogens with one attached hydrogen (secondary N) is 2. The number of aromatic nitrogens is 2. The van der Waals surface area contributed by atoms with Crippen molar-refractivity contribution in [1.82, 2.24) is 20.8 Å². The molecule has 1 aromatic carbocycles. The number of hydrogen-bond acceptors (Lipinski definition) is 5. The van der Waals surface area contributed by atoms with Gasteiger partial charge in [0, 0.05) is 11.1 Å². The Labute approximate surface area is 129 Å². The maximum Gasteiger partial charge on any atom is 0.315 e. The van der Waals surface area contributed by atoms with Gasteiger partial charge in [-0.25, -0.2) is 4.79 Å². The summed E-state index contributed by atoms with van der Waals surface area (Å²) in [6, 6.07) is 7.04. The fourth-order valence-electron chi connectivity index (χ4n) is 1.72. The lowest BCUT2D eigenvalue weighted by Crippen LogP contribution is -2.46. The molecule has 1 heterocycles. The minimum atomic E-state index is -0.298. The molecule has 118 valence electrons. The van der Waals surface area contributed by atoms with Crippen molar-refractivity contribution in [2.45, 2.75) is 32.9 Å². The van der Waals surface area contributed by atoms with Gasteiger partial charge in [-0.15, -0.1) is 0 Å². The van der Waals surface area contributed by atoms with Crippen LogP contribution in [0, 0.1) is 0 Å². The summed E-state index contributed by atoms with van der Waals surface area (Å²) in [7, 11) is 1.61. The van der Waals surface area contributed by atoms with E-state index in [9.17, 15) is 4.79 Å². The monoisotopic (exact) mass is 304 g/mol. The van der Waals surface area contributed by atoms with Crippen LogP contribution in [0.1, 0.15) is 26.7 Å². The predicted octanol–water partition coefficient (Wildman–Crippen LogP) is 2.34. The second-order valence-electron chi connectivity index (χ2n) is 5.80. The van der Waals surface area contributed by atoms with E-state index in [1.807, 2.05) is 45.0 Å². The van der Waals surface area contributed by atoms with Crippen molar-refractivity contribution in [3.05, 3.63) is 30.2 Å². The Morgan fingerprint density at radius 3 is 2.55 bits per heavy atom. The molecule has 0 atom stereocenters. The van der Waals surface area contributed by atoms with Crippen LogP contribution in [0.25, 0.3) is 11.4 Å². The molecule has 2 amide bonds. The minimum Gasteiger partial charge on any atom is -0.497 e. The highest BCUT2D eigenvalue weighted by molar-refractivity contribution is 5.74. The first kappa shape index (κ1) is 15.8. The number of methoxy groups -OCH3 is 1. The Morgan fingerprint density at radius 2 is 1.95 bits per heavy atom. The number of hydrogen-bond donors (Lipinski definition) is 2. The molecular formula is C15H20N4O3. The maximum atomic E-state index is 11.7. The lowest BCUT2D eigenvalue weighted by Gasteiger charge is -2.20. The summed E-state index contributed by atoms with van der Waals surface area (Å²) in [5.41, 5.74) is 0.516. The maximum absolute atomic E-state index is 11.7. The first-order valence-electron chi connectivity index (χ1n) is 6.90. The molecular weight excluding hydrogens is 284 g/mol. The smallest absolute Gasteiger partial charge is 0.315 e. The van der Waals surface area contributed by atoms with Crippen LogP contribution < -0.4 is 15.4 Å². The highest BCUT2D eigenvalue weighted by atomic mass is 16.5. The number of carbonyl (C=O) groups excluding carboxylic acids is 1. The van der Waals surface area contributed by atoms with Gasteiger partial charge in [0.15, 0.2) is 0 Å². The molecule has 7 heteroatoms. The van der Waals surface area contributed by atoms with Crippen molar-refractivity contribution in [2.24, 2.45) is 0 Å². The van der Waals surface area contributed by atoms with Gasteiger partial charge in [0.1, 0.15) is 5.75 Å². The van der Waals surface area contributed by atoms with E-state index in [0.717, 1.165) is 11.3 Å². The number of nitrogens with zero attached hydrogens (tertiary/aromatic N) is 2. The molecule has 0 aliphatic rings. The fourth-order valence-corrected chi connectivity index (χ4v) is 1.72. The number of urea groups is 1. The van der Waals surface area contributed by atoms with Crippen LogP contribution in [0.3, 0.4) is 0 Å². The van der Waals surface area contributed by atoms with Crippen molar-refractivity contribution >= 4 is 6.03 Å². The average Bonchev–Trinajstić information content (AvgIpc) is 2.92. The molecule has 7 nitrogen and oxygen atoms in total. The zero-order valence-corrected chi connectivity index (χ0v) is 13.1. The van der Waals surface area contributed by atoms with Crippen LogP contribution in [0.4, 0.5) is 4.79 Å². The van der Waals surface area contributed by atoms with Crippen LogP contribution in [0.2, 0.25) is 0 Å². The number of carbonyl (C=O) groups is 1. The summed E-state index contributed by atoms with van der Waals surface area (Å²) in [6.45, 7) is 5.88. The number of amides is 2. The first-order valence-corrected chi connectivity index (χ1v) is 6.90. The van der Waals surface area contributed by atoms with E-state index in [-0.39, 0.29) is 18.1 Å². The third-order valence-corrected chi connectivity index (χ3v) is 2.71. The zero-order chi connectivity index (χ0) is 16.2. The van der Waals surface area contributed by atoms with Gasteiger partial charge in [0.25, 0.3) is 0 Å². The largest absolute Gasteiger partial charge is 0.497 e. The molecule has 1 aromatic heterocycles. The van der Waals surface area contributed by atoms with Crippen LogP contribution in [-0.4, -0.2) is 28.8 Å². The van der Waals surface area contributed by atoms with Gasteiger partial charge >= 0.3 is 6.03 Å². The van der Waals surface area contributed by atoms with Gasteiger partial charge in [-0.2, -0.15) is 4.98 Å². The highest BCUT2D eigenvalue weighted by Gasteiger charge is 2.14. The third-order valence-electron chi connectivity index (χ3n) is 2.71. The summed E-state index contributed by atoms with van der Waals surface area (Å²) in [6.07, 6.45) is 0. The molecule has 0 saturated carbocycles. The van der Waals surface area contributed by atoms with Crippen molar-refractivity contribution in [3.8, 4) is 17.1 Å². The minimum absolute atomic E-state index is 0.172. The Bertz CT molecular complexity index is 629. The van der Waals surface area contributed by atoms with E-state index in [1.165, 1.54) is 0 Å². The number of benzene rings is 1. The van der Waals surface area contributed by atoms with Crippen molar-refractivity contribution in [1.29, 1.82) is 0 Å². The van der Waals surface area contributed by atoms with Gasteiger partial charge in [-0.3, -0.25) is 0 Å². The second kappa shape index (κ2) is 6.46. The number of rotatable bonds is 4. The Kier molecular flexibility index (Phi) is 4.65. The van der Waals surface area contributed by atoms with Gasteiger partial charge in [0.2, 0.25) is 11.7 Å². The van der Waals surface area contributed by atoms with Crippen molar-refractivity contribution < 1.29 is 14.1 Å².